The Morgan fingerprint density at radius 1 is 0.964 bits per heavy atom. The average Bonchev–Trinajstić information content (AvgIpc) is 2.68. The number of likely N-dealkylation sites (N-methyl/N-ethyl adjacent to an activating group) is 1. The first-order valence-electron chi connectivity index (χ1n) is 8.52. The standard InChI is InChI=1S/C20H25ClN2O5/c1-23(11-13-6-7-14(25-2)8-17(13)26-3)12-20(24)22-16-9-15(21)18(27-4)10-19(16)28-5/h6-10H,11-12H2,1-5H3,(H,22,24). The summed E-state index contributed by atoms with van der Waals surface area (Å²) in [5.41, 5.74) is 1.43. The van der Waals surface area contributed by atoms with Crippen molar-refractivity contribution in [2.45, 2.75) is 6.54 Å². The van der Waals surface area contributed by atoms with E-state index in [2.05, 4.69) is 5.32 Å². The largest absolute Gasteiger partial charge is 0.497 e. The lowest BCUT2D eigenvalue weighted by molar-refractivity contribution is -0.117. The van der Waals surface area contributed by atoms with Crippen LogP contribution >= 0.6 is 11.6 Å². The monoisotopic (exact) mass is 408 g/mol. The number of carbonyl (C=O) groups is 1. The number of halogens is 1. The van der Waals surface area contributed by atoms with E-state index < -0.39 is 0 Å². The number of nitrogens with one attached hydrogen (secondary N) is 1. The number of hydrogen-bond donors (Lipinski definition) is 1. The Morgan fingerprint density at radius 2 is 1.64 bits per heavy atom. The molecular weight excluding hydrogens is 384 g/mol. The van der Waals surface area contributed by atoms with Crippen molar-refractivity contribution in [2.24, 2.45) is 0 Å². The van der Waals surface area contributed by atoms with Gasteiger partial charge in [-0.2, -0.15) is 0 Å². The molecule has 0 spiro atoms. The van der Waals surface area contributed by atoms with Crippen molar-refractivity contribution in [1.82, 2.24) is 4.90 Å². The van der Waals surface area contributed by atoms with Gasteiger partial charge in [0.05, 0.1) is 45.7 Å². The highest BCUT2D eigenvalue weighted by atomic mass is 35.5. The van der Waals surface area contributed by atoms with Gasteiger partial charge in [-0.3, -0.25) is 9.69 Å². The fourth-order valence-electron chi connectivity index (χ4n) is 2.72. The van der Waals surface area contributed by atoms with Crippen LogP contribution in [0.1, 0.15) is 5.56 Å². The lowest BCUT2D eigenvalue weighted by atomic mass is 10.1. The second kappa shape index (κ2) is 10.1. The zero-order chi connectivity index (χ0) is 20.7. The second-order valence-electron chi connectivity index (χ2n) is 6.09. The van der Waals surface area contributed by atoms with Gasteiger partial charge in [0.25, 0.3) is 0 Å². The quantitative estimate of drug-likeness (QED) is 0.685. The Hall–Kier alpha value is -2.64. The molecule has 0 bridgehead atoms. The summed E-state index contributed by atoms with van der Waals surface area (Å²) in [6.45, 7) is 0.697. The average molecular weight is 409 g/mol. The topological polar surface area (TPSA) is 69.3 Å². The van der Waals surface area contributed by atoms with E-state index in [0.29, 0.717) is 40.3 Å². The molecule has 0 saturated heterocycles. The lowest BCUT2D eigenvalue weighted by Gasteiger charge is -2.19. The number of ether oxygens (including phenoxy) is 4. The van der Waals surface area contributed by atoms with E-state index in [0.717, 1.165) is 5.56 Å². The molecule has 2 aromatic carbocycles. The van der Waals surface area contributed by atoms with Gasteiger partial charge >= 0.3 is 0 Å². The van der Waals surface area contributed by atoms with Crippen molar-refractivity contribution in [3.63, 3.8) is 0 Å². The van der Waals surface area contributed by atoms with Crippen LogP contribution in [0.15, 0.2) is 30.3 Å². The molecule has 0 aliphatic heterocycles. The SMILES string of the molecule is COc1ccc(CN(C)CC(=O)Nc2cc(Cl)c(OC)cc2OC)c(OC)c1. The predicted octanol–water partition coefficient (Wildman–Crippen LogP) is 3.44. The number of hydrogen-bond acceptors (Lipinski definition) is 6. The zero-order valence-electron chi connectivity index (χ0n) is 16.7. The number of benzene rings is 2. The molecule has 0 atom stereocenters. The minimum atomic E-state index is -0.200. The summed E-state index contributed by atoms with van der Waals surface area (Å²) >= 11 is 6.15. The van der Waals surface area contributed by atoms with Crippen LogP contribution in [0.4, 0.5) is 5.69 Å². The minimum absolute atomic E-state index is 0.169. The van der Waals surface area contributed by atoms with Gasteiger partial charge in [0.1, 0.15) is 23.0 Å². The Bertz CT molecular complexity index is 828. The third-order valence-electron chi connectivity index (χ3n) is 4.10. The summed E-state index contributed by atoms with van der Waals surface area (Å²) in [5, 5.41) is 3.20. The van der Waals surface area contributed by atoms with E-state index in [1.54, 1.807) is 26.4 Å². The number of rotatable bonds is 9. The molecule has 0 heterocycles. The van der Waals surface area contributed by atoms with Crippen molar-refractivity contribution in [2.75, 3.05) is 47.3 Å². The minimum Gasteiger partial charge on any atom is -0.497 e. The normalized spacial score (nSPS) is 10.5. The summed E-state index contributed by atoms with van der Waals surface area (Å²) in [6, 6.07) is 8.81. The summed E-state index contributed by atoms with van der Waals surface area (Å²) in [7, 11) is 8.08. The maximum Gasteiger partial charge on any atom is 0.238 e. The van der Waals surface area contributed by atoms with E-state index in [4.69, 9.17) is 30.5 Å². The van der Waals surface area contributed by atoms with Crippen molar-refractivity contribution in [3.8, 4) is 23.0 Å². The molecular formula is C20H25ClN2O5. The molecule has 1 amide bonds. The number of carbonyl (C=O) groups excluding carboxylic acids is 1. The Balaban J connectivity index is 2.04. The number of amides is 1. The molecule has 28 heavy (non-hydrogen) atoms. The van der Waals surface area contributed by atoms with Crippen molar-refractivity contribution < 1.29 is 23.7 Å². The molecule has 7 nitrogen and oxygen atoms in total. The molecule has 0 unspecified atom stereocenters. The first-order valence-corrected chi connectivity index (χ1v) is 8.90. The highest BCUT2D eigenvalue weighted by molar-refractivity contribution is 6.32. The lowest BCUT2D eigenvalue weighted by Crippen LogP contribution is -2.30. The van der Waals surface area contributed by atoms with Crippen LogP contribution in [0.25, 0.3) is 0 Å². The third kappa shape index (κ3) is 5.43. The van der Waals surface area contributed by atoms with Crippen LogP contribution in [0.2, 0.25) is 5.02 Å². The summed E-state index contributed by atoms with van der Waals surface area (Å²) < 4.78 is 21.1. The molecule has 0 aliphatic rings. The van der Waals surface area contributed by atoms with Gasteiger partial charge in [-0.15, -0.1) is 0 Å². The molecule has 2 rings (SSSR count). The van der Waals surface area contributed by atoms with Crippen molar-refractivity contribution in [1.29, 1.82) is 0 Å². The Labute approximate surface area is 170 Å². The van der Waals surface area contributed by atoms with Gasteiger partial charge in [-0.1, -0.05) is 17.7 Å². The van der Waals surface area contributed by atoms with Crippen molar-refractivity contribution in [3.05, 3.63) is 40.9 Å². The summed E-state index contributed by atoms with van der Waals surface area (Å²) in [4.78, 5) is 14.3. The molecule has 0 saturated carbocycles. The third-order valence-corrected chi connectivity index (χ3v) is 4.39. The van der Waals surface area contributed by atoms with Crippen LogP contribution in [0.3, 0.4) is 0 Å². The smallest absolute Gasteiger partial charge is 0.238 e. The summed E-state index contributed by atoms with van der Waals surface area (Å²) in [5.74, 6) is 2.16. The van der Waals surface area contributed by atoms with Gasteiger partial charge < -0.3 is 24.3 Å². The van der Waals surface area contributed by atoms with Gasteiger partial charge in [-0.05, 0) is 19.2 Å². The zero-order valence-corrected chi connectivity index (χ0v) is 17.4. The van der Waals surface area contributed by atoms with Crippen LogP contribution in [0, 0.1) is 0 Å². The van der Waals surface area contributed by atoms with E-state index in [-0.39, 0.29) is 12.5 Å². The molecule has 8 heteroatoms. The fraction of sp³-hybridized carbons (Fsp3) is 0.350. The first-order chi connectivity index (χ1) is 13.4. The molecule has 0 radical (unpaired) electrons. The van der Waals surface area contributed by atoms with E-state index in [1.165, 1.54) is 14.2 Å². The van der Waals surface area contributed by atoms with E-state index in [1.807, 2.05) is 30.1 Å². The molecule has 0 fully saturated rings. The Morgan fingerprint density at radius 3 is 2.25 bits per heavy atom. The Kier molecular flexibility index (Phi) is 7.78. The van der Waals surface area contributed by atoms with Crippen LogP contribution in [-0.4, -0.2) is 52.8 Å². The second-order valence-corrected chi connectivity index (χ2v) is 6.49. The number of nitrogens with zero attached hydrogens (tertiary/aromatic N) is 1. The van der Waals surface area contributed by atoms with Crippen LogP contribution in [0.5, 0.6) is 23.0 Å². The molecule has 2 aromatic rings. The maximum atomic E-state index is 12.5. The molecule has 152 valence electrons. The van der Waals surface area contributed by atoms with E-state index >= 15 is 0 Å². The fourth-order valence-corrected chi connectivity index (χ4v) is 2.96. The van der Waals surface area contributed by atoms with E-state index in [9.17, 15) is 4.79 Å². The molecule has 0 aromatic heterocycles. The number of anilines is 1. The van der Waals surface area contributed by atoms with Gasteiger partial charge in [-0.25, -0.2) is 0 Å². The summed E-state index contributed by atoms with van der Waals surface area (Å²) in [6.07, 6.45) is 0. The first kappa shape index (κ1) is 21.7. The van der Waals surface area contributed by atoms with Gasteiger partial charge in [0.15, 0.2) is 0 Å². The van der Waals surface area contributed by atoms with Gasteiger partial charge in [0.2, 0.25) is 5.91 Å². The highest BCUT2D eigenvalue weighted by Gasteiger charge is 2.15. The van der Waals surface area contributed by atoms with Gasteiger partial charge in [0, 0.05) is 24.2 Å². The predicted molar refractivity (Wildman–Crippen MR) is 109 cm³/mol. The van der Waals surface area contributed by atoms with Crippen LogP contribution < -0.4 is 24.3 Å². The number of methoxy groups -OCH3 is 4. The molecule has 0 aliphatic carbocycles. The van der Waals surface area contributed by atoms with Crippen molar-refractivity contribution >= 4 is 23.2 Å². The highest BCUT2D eigenvalue weighted by Crippen LogP contribution is 2.35. The maximum absolute atomic E-state index is 12.5. The van der Waals surface area contributed by atoms with Crippen LogP contribution in [-0.2, 0) is 11.3 Å². The molecule has 1 N–H and O–H groups in total.